The summed E-state index contributed by atoms with van der Waals surface area (Å²) in [6.07, 6.45) is 1.96. The van der Waals surface area contributed by atoms with Gasteiger partial charge in [0.05, 0.1) is 6.04 Å². The quantitative estimate of drug-likeness (QED) is 0.860. The molecule has 1 unspecified atom stereocenters. The number of rotatable bonds is 4. The molecule has 0 saturated carbocycles. The van der Waals surface area contributed by atoms with Gasteiger partial charge in [0.1, 0.15) is 11.5 Å². The molecule has 0 amide bonds. The predicted molar refractivity (Wildman–Crippen MR) is 63.0 cm³/mol. The van der Waals surface area contributed by atoms with Crippen LogP contribution in [0.1, 0.15) is 28.9 Å². The molecule has 0 radical (unpaired) electrons. The Morgan fingerprint density at radius 1 is 1.40 bits per heavy atom. The van der Waals surface area contributed by atoms with E-state index in [-0.39, 0.29) is 6.04 Å². The Morgan fingerprint density at radius 3 is 2.87 bits per heavy atom. The molecule has 0 aliphatic heterocycles. The van der Waals surface area contributed by atoms with Crippen LogP contribution in [0.25, 0.3) is 0 Å². The zero-order chi connectivity index (χ0) is 10.7. The van der Waals surface area contributed by atoms with Gasteiger partial charge in [0.25, 0.3) is 0 Å². The van der Waals surface area contributed by atoms with Crippen LogP contribution in [0.5, 0.6) is 0 Å². The van der Waals surface area contributed by atoms with Gasteiger partial charge >= 0.3 is 0 Å². The summed E-state index contributed by atoms with van der Waals surface area (Å²) < 4.78 is 5.49. The highest BCUT2D eigenvalue weighted by Gasteiger charge is 2.10. The molecule has 2 heterocycles. The monoisotopic (exact) mass is 221 g/mol. The number of nitrogens with two attached hydrogens (primary N) is 1. The summed E-state index contributed by atoms with van der Waals surface area (Å²) in [5, 5.41) is 2.10. The first-order valence-corrected chi connectivity index (χ1v) is 5.98. The van der Waals surface area contributed by atoms with Crippen LogP contribution in [0.4, 0.5) is 0 Å². The van der Waals surface area contributed by atoms with E-state index in [0.29, 0.717) is 0 Å². The molecule has 80 valence electrons. The van der Waals surface area contributed by atoms with E-state index in [1.54, 1.807) is 11.3 Å². The maximum Gasteiger partial charge on any atom is 0.120 e. The highest BCUT2D eigenvalue weighted by atomic mass is 32.1. The van der Waals surface area contributed by atoms with Gasteiger partial charge in [0.15, 0.2) is 0 Å². The molecule has 0 aromatic carbocycles. The first-order valence-electron chi connectivity index (χ1n) is 5.10. The Labute approximate surface area is 93.7 Å². The zero-order valence-electron chi connectivity index (χ0n) is 8.77. The summed E-state index contributed by atoms with van der Waals surface area (Å²) in [6, 6.07) is 8.16. The largest absolute Gasteiger partial charge is 0.465 e. The number of furan rings is 1. The van der Waals surface area contributed by atoms with Crippen LogP contribution >= 0.6 is 11.3 Å². The first kappa shape index (κ1) is 10.5. The molecule has 0 spiro atoms. The Bertz CT molecular complexity index is 405. The predicted octanol–water partition coefficient (Wildman–Crippen LogP) is 3.28. The molecule has 1 atom stereocenters. The number of hydrogen-bond donors (Lipinski definition) is 1. The maximum absolute atomic E-state index is 6.04. The second-order valence-corrected chi connectivity index (χ2v) is 4.71. The average molecular weight is 221 g/mol. The lowest BCUT2D eigenvalue weighted by molar-refractivity contribution is 0.435. The van der Waals surface area contributed by atoms with E-state index in [1.807, 2.05) is 19.1 Å². The summed E-state index contributed by atoms with van der Waals surface area (Å²) in [5.41, 5.74) is 6.04. The topological polar surface area (TPSA) is 39.2 Å². The molecular weight excluding hydrogens is 206 g/mol. The highest BCUT2D eigenvalue weighted by Crippen LogP contribution is 2.20. The van der Waals surface area contributed by atoms with Crippen molar-refractivity contribution in [2.75, 3.05) is 0 Å². The standard InChI is InChI=1S/C12H15NOS/c1-9-4-7-12(14-9)11(13)6-5-10-3-2-8-15-10/h2-4,7-8,11H,5-6,13H2,1H3. The first-order chi connectivity index (χ1) is 7.25. The number of hydrogen-bond acceptors (Lipinski definition) is 3. The van der Waals surface area contributed by atoms with Crippen molar-refractivity contribution in [1.82, 2.24) is 0 Å². The lowest BCUT2D eigenvalue weighted by Crippen LogP contribution is -2.09. The van der Waals surface area contributed by atoms with E-state index >= 15 is 0 Å². The molecule has 0 bridgehead atoms. The van der Waals surface area contributed by atoms with Crippen molar-refractivity contribution < 1.29 is 4.42 Å². The minimum Gasteiger partial charge on any atom is -0.465 e. The second-order valence-electron chi connectivity index (χ2n) is 3.67. The average Bonchev–Trinajstić information content (AvgIpc) is 2.84. The third-order valence-electron chi connectivity index (χ3n) is 2.41. The van der Waals surface area contributed by atoms with E-state index in [4.69, 9.17) is 10.2 Å². The molecule has 0 aliphatic carbocycles. The van der Waals surface area contributed by atoms with Gasteiger partial charge in [-0.1, -0.05) is 6.07 Å². The van der Waals surface area contributed by atoms with Gasteiger partial charge < -0.3 is 10.2 Å². The number of aryl methyl sites for hydroxylation is 2. The fourth-order valence-electron chi connectivity index (χ4n) is 1.55. The minimum atomic E-state index is 0.0146. The lowest BCUT2D eigenvalue weighted by Gasteiger charge is -2.07. The summed E-state index contributed by atoms with van der Waals surface area (Å²) in [5.74, 6) is 1.82. The Kier molecular flexibility index (Phi) is 3.23. The van der Waals surface area contributed by atoms with Gasteiger partial charge in [-0.25, -0.2) is 0 Å². The van der Waals surface area contributed by atoms with Crippen LogP contribution in [0.2, 0.25) is 0 Å². The Balaban J connectivity index is 1.90. The molecule has 2 rings (SSSR count). The van der Waals surface area contributed by atoms with Gasteiger partial charge in [-0.05, 0) is 43.3 Å². The van der Waals surface area contributed by atoms with Gasteiger partial charge in [-0.15, -0.1) is 11.3 Å². The highest BCUT2D eigenvalue weighted by molar-refractivity contribution is 7.09. The van der Waals surface area contributed by atoms with E-state index in [9.17, 15) is 0 Å². The molecular formula is C12H15NOS. The van der Waals surface area contributed by atoms with Crippen molar-refractivity contribution in [1.29, 1.82) is 0 Å². The van der Waals surface area contributed by atoms with E-state index < -0.39 is 0 Å². The van der Waals surface area contributed by atoms with Gasteiger partial charge in [-0.2, -0.15) is 0 Å². The lowest BCUT2D eigenvalue weighted by atomic mass is 10.1. The number of thiophene rings is 1. The Morgan fingerprint density at radius 2 is 2.27 bits per heavy atom. The van der Waals surface area contributed by atoms with Crippen molar-refractivity contribution in [3.8, 4) is 0 Å². The van der Waals surface area contributed by atoms with Crippen molar-refractivity contribution in [2.24, 2.45) is 5.73 Å². The smallest absolute Gasteiger partial charge is 0.120 e. The van der Waals surface area contributed by atoms with Gasteiger partial charge in [-0.3, -0.25) is 0 Å². The van der Waals surface area contributed by atoms with Crippen LogP contribution in [-0.2, 0) is 6.42 Å². The molecule has 0 fully saturated rings. The van der Waals surface area contributed by atoms with Crippen LogP contribution in [0, 0.1) is 6.92 Å². The normalized spacial score (nSPS) is 12.9. The molecule has 2 aromatic rings. The van der Waals surface area contributed by atoms with Crippen molar-refractivity contribution in [2.45, 2.75) is 25.8 Å². The molecule has 2 nitrogen and oxygen atoms in total. The van der Waals surface area contributed by atoms with Crippen LogP contribution < -0.4 is 5.73 Å². The fourth-order valence-corrected chi connectivity index (χ4v) is 2.27. The van der Waals surface area contributed by atoms with Crippen LogP contribution in [0.3, 0.4) is 0 Å². The molecule has 3 heteroatoms. The van der Waals surface area contributed by atoms with E-state index in [2.05, 4.69) is 17.5 Å². The summed E-state index contributed by atoms with van der Waals surface area (Å²) in [6.45, 7) is 1.94. The fraction of sp³-hybridized carbons (Fsp3) is 0.333. The van der Waals surface area contributed by atoms with Crippen molar-refractivity contribution in [3.05, 3.63) is 46.0 Å². The van der Waals surface area contributed by atoms with Crippen LogP contribution in [-0.4, -0.2) is 0 Å². The van der Waals surface area contributed by atoms with E-state index in [1.165, 1.54) is 4.88 Å². The van der Waals surface area contributed by atoms with Crippen molar-refractivity contribution in [3.63, 3.8) is 0 Å². The maximum atomic E-state index is 6.04. The minimum absolute atomic E-state index is 0.0146. The molecule has 15 heavy (non-hydrogen) atoms. The molecule has 0 saturated heterocycles. The van der Waals surface area contributed by atoms with Gasteiger partial charge in [0.2, 0.25) is 0 Å². The van der Waals surface area contributed by atoms with Gasteiger partial charge in [0, 0.05) is 4.88 Å². The zero-order valence-corrected chi connectivity index (χ0v) is 9.59. The van der Waals surface area contributed by atoms with Crippen molar-refractivity contribution >= 4 is 11.3 Å². The van der Waals surface area contributed by atoms with Crippen LogP contribution in [0.15, 0.2) is 34.1 Å². The van der Waals surface area contributed by atoms with E-state index in [0.717, 1.165) is 24.4 Å². The molecule has 2 aromatic heterocycles. The Hall–Kier alpha value is -1.06. The SMILES string of the molecule is Cc1ccc(C(N)CCc2cccs2)o1. The summed E-state index contributed by atoms with van der Waals surface area (Å²) in [4.78, 5) is 1.38. The summed E-state index contributed by atoms with van der Waals surface area (Å²) >= 11 is 1.78. The third kappa shape index (κ3) is 2.70. The summed E-state index contributed by atoms with van der Waals surface area (Å²) in [7, 11) is 0. The second kappa shape index (κ2) is 4.64. The third-order valence-corrected chi connectivity index (χ3v) is 3.34. The molecule has 0 aliphatic rings. The molecule has 2 N–H and O–H groups in total.